The Morgan fingerprint density at radius 3 is 2.37 bits per heavy atom. The number of halogens is 2. The number of carbonyl (C=O) groups is 2. The number of aromatic nitrogens is 3. The Bertz CT molecular complexity index is 1210. The van der Waals surface area contributed by atoms with Crippen LogP contribution in [0.4, 0.5) is 14.6 Å². The van der Waals surface area contributed by atoms with Gasteiger partial charge in [0.15, 0.2) is 6.10 Å². The molecule has 3 atom stereocenters. The van der Waals surface area contributed by atoms with Crippen molar-refractivity contribution < 1.29 is 38.1 Å². The number of aliphatic hydroxyl groups is 2. The molecule has 0 aliphatic carbocycles. The van der Waals surface area contributed by atoms with Crippen molar-refractivity contribution in [3.05, 3.63) is 52.3 Å². The van der Waals surface area contributed by atoms with E-state index < -0.39 is 48.5 Å². The van der Waals surface area contributed by atoms with Gasteiger partial charge < -0.3 is 25.0 Å². The number of nitrogens with one attached hydrogen (secondary N) is 1. The van der Waals surface area contributed by atoms with Gasteiger partial charge in [0.1, 0.15) is 17.6 Å². The van der Waals surface area contributed by atoms with Gasteiger partial charge in [-0.25, -0.2) is 14.6 Å². The first-order valence-electron chi connectivity index (χ1n) is 14.0. The van der Waals surface area contributed by atoms with Crippen LogP contribution in [0, 0.1) is 0 Å². The number of esters is 1. The summed E-state index contributed by atoms with van der Waals surface area (Å²) in [7, 11) is 0. The van der Waals surface area contributed by atoms with Crippen molar-refractivity contribution in [2.45, 2.75) is 95.5 Å². The average Bonchev–Trinajstić information content (AvgIpc) is 3.19. The fraction of sp³-hybridized carbons (Fsp3) is 0.607. The van der Waals surface area contributed by atoms with E-state index in [1.807, 2.05) is 0 Å². The highest BCUT2D eigenvalue weighted by Crippen LogP contribution is 2.42. The van der Waals surface area contributed by atoms with Crippen LogP contribution in [0.5, 0.6) is 0 Å². The van der Waals surface area contributed by atoms with Gasteiger partial charge in [0.05, 0.1) is 13.2 Å². The first-order valence-corrected chi connectivity index (χ1v) is 14.0. The monoisotopic (exact) mass is 580 g/mol. The molecule has 3 heterocycles. The van der Waals surface area contributed by atoms with Crippen LogP contribution in [-0.2, 0) is 9.47 Å². The number of hydrogen-bond donors (Lipinski definition) is 3. The molecular formula is C28H38F2N4O7. The maximum atomic E-state index is 14.4. The number of rotatable bonds is 16. The molecule has 0 radical (unpaired) electrons. The number of unbranched alkanes of at least 4 members (excludes halogenated alkanes) is 9. The third kappa shape index (κ3) is 8.85. The smallest absolute Gasteiger partial charge is 0.356 e. The van der Waals surface area contributed by atoms with Crippen molar-refractivity contribution >= 4 is 17.7 Å². The van der Waals surface area contributed by atoms with Crippen LogP contribution in [0.2, 0.25) is 0 Å². The van der Waals surface area contributed by atoms with Crippen LogP contribution >= 0.6 is 0 Å². The normalized spacial score (nSPS) is 19.7. The van der Waals surface area contributed by atoms with Gasteiger partial charge in [-0.3, -0.25) is 9.36 Å². The van der Waals surface area contributed by atoms with E-state index in [9.17, 15) is 28.3 Å². The zero-order valence-corrected chi connectivity index (χ0v) is 23.1. The number of ether oxygens (including phenoxy) is 2. The highest BCUT2D eigenvalue weighted by atomic mass is 19.3. The van der Waals surface area contributed by atoms with Crippen LogP contribution in [0.15, 0.2) is 35.4 Å². The predicted molar refractivity (Wildman–Crippen MR) is 145 cm³/mol. The number of aliphatic hydroxyl groups excluding tert-OH is 2. The molecular weight excluding hydrogens is 542 g/mol. The lowest BCUT2D eigenvalue weighted by Gasteiger charge is -2.21. The van der Waals surface area contributed by atoms with Crippen molar-refractivity contribution in [3.63, 3.8) is 0 Å². The maximum absolute atomic E-state index is 14.4. The largest absolute Gasteiger partial charge is 0.461 e. The average molecular weight is 581 g/mol. The quantitative estimate of drug-likeness (QED) is 0.198. The molecule has 226 valence electrons. The summed E-state index contributed by atoms with van der Waals surface area (Å²) in [6, 6.07) is 3.68. The van der Waals surface area contributed by atoms with E-state index in [4.69, 9.17) is 14.6 Å². The molecule has 1 fully saturated rings. The summed E-state index contributed by atoms with van der Waals surface area (Å²) in [6.45, 7) is 1.57. The maximum Gasteiger partial charge on any atom is 0.356 e. The molecule has 2 aromatic heterocycles. The Labute approximate surface area is 236 Å². The second-order valence-corrected chi connectivity index (χ2v) is 10.0. The fourth-order valence-corrected chi connectivity index (χ4v) is 4.48. The Morgan fingerprint density at radius 2 is 1.76 bits per heavy atom. The molecule has 13 heteroatoms. The zero-order valence-electron chi connectivity index (χ0n) is 23.1. The van der Waals surface area contributed by atoms with E-state index in [1.54, 1.807) is 0 Å². The lowest BCUT2D eigenvalue weighted by atomic mass is 10.1. The molecule has 3 N–H and O–H groups in total. The molecule has 2 aromatic rings. The van der Waals surface area contributed by atoms with Crippen LogP contribution < -0.4 is 11.0 Å². The molecule has 3 rings (SSSR count). The highest BCUT2D eigenvalue weighted by Gasteiger charge is 2.59. The summed E-state index contributed by atoms with van der Waals surface area (Å²) in [4.78, 5) is 45.0. The number of amides is 1. The van der Waals surface area contributed by atoms with Crippen molar-refractivity contribution in [3.8, 4) is 0 Å². The summed E-state index contributed by atoms with van der Waals surface area (Å²) in [6.07, 6.45) is 7.64. The van der Waals surface area contributed by atoms with Crippen LogP contribution in [0.1, 0.15) is 98.2 Å². The summed E-state index contributed by atoms with van der Waals surface area (Å²) in [5, 5.41) is 21.1. The number of hydrogen-bond acceptors (Lipinski definition) is 9. The number of pyridine rings is 1. The Hall–Kier alpha value is -3.29. The summed E-state index contributed by atoms with van der Waals surface area (Å²) >= 11 is 0. The Kier molecular flexibility index (Phi) is 12.3. The third-order valence-electron chi connectivity index (χ3n) is 6.85. The molecule has 0 aromatic carbocycles. The standard InChI is InChI=1S/C28H38F2N4O7/c1-2-3-4-5-6-7-8-9-10-11-16-40-25(38)20-17-19(12-14-31-20)24(37)32-22-13-15-34(27(39)33-22)26-28(29,30)23(36)21(18-35)41-26/h12-15,17,21,23,26,35-36H,2-11,16,18H2,1H3,(H,32,33,37,39)/t21-,23-,26-/m1/s1. The molecule has 1 amide bonds. The van der Waals surface area contributed by atoms with E-state index in [0.717, 1.165) is 37.9 Å². The van der Waals surface area contributed by atoms with Gasteiger partial charge in [0, 0.05) is 18.0 Å². The van der Waals surface area contributed by atoms with Crippen molar-refractivity contribution in [2.75, 3.05) is 18.5 Å². The van der Waals surface area contributed by atoms with E-state index >= 15 is 0 Å². The number of carbonyl (C=O) groups excluding carboxylic acids is 2. The second-order valence-electron chi connectivity index (χ2n) is 10.0. The molecule has 0 saturated carbocycles. The summed E-state index contributed by atoms with van der Waals surface area (Å²) in [5.74, 6) is -5.49. The van der Waals surface area contributed by atoms with Crippen LogP contribution in [0.3, 0.4) is 0 Å². The number of alkyl halides is 2. The van der Waals surface area contributed by atoms with Gasteiger partial charge in [0.2, 0.25) is 6.23 Å². The SMILES string of the molecule is CCCCCCCCCCCCOC(=O)c1cc(C(=O)Nc2ccn([C@@H]3O[C@H](CO)[C@@H](O)C3(F)F)c(=O)n2)ccn1. The van der Waals surface area contributed by atoms with Gasteiger partial charge in [-0.15, -0.1) is 0 Å². The molecule has 1 aliphatic heterocycles. The molecule has 1 aliphatic rings. The second kappa shape index (κ2) is 15.6. The fourth-order valence-electron chi connectivity index (χ4n) is 4.48. The topological polar surface area (TPSA) is 153 Å². The number of nitrogens with zero attached hydrogens (tertiary/aromatic N) is 3. The first-order chi connectivity index (χ1) is 19.7. The van der Waals surface area contributed by atoms with Gasteiger partial charge >= 0.3 is 17.6 Å². The molecule has 11 nitrogen and oxygen atoms in total. The molecule has 0 bridgehead atoms. The van der Waals surface area contributed by atoms with E-state index in [-0.39, 0.29) is 23.7 Å². The van der Waals surface area contributed by atoms with Crippen molar-refractivity contribution in [1.29, 1.82) is 0 Å². The number of anilines is 1. The summed E-state index contributed by atoms with van der Waals surface area (Å²) < 4.78 is 39.4. The lowest BCUT2D eigenvalue weighted by Crippen LogP contribution is -2.41. The Balaban J connectivity index is 1.47. The minimum Gasteiger partial charge on any atom is -0.461 e. The summed E-state index contributed by atoms with van der Waals surface area (Å²) in [5.41, 5.74) is -1.20. The minimum absolute atomic E-state index is 0.0384. The van der Waals surface area contributed by atoms with Gasteiger partial charge in [-0.05, 0) is 24.6 Å². The lowest BCUT2D eigenvalue weighted by molar-refractivity contribution is -0.140. The van der Waals surface area contributed by atoms with Crippen molar-refractivity contribution in [2.24, 2.45) is 0 Å². The molecule has 0 spiro atoms. The van der Waals surface area contributed by atoms with Gasteiger partial charge in [-0.1, -0.05) is 64.7 Å². The third-order valence-corrected chi connectivity index (χ3v) is 6.85. The molecule has 0 unspecified atom stereocenters. The predicted octanol–water partition coefficient (Wildman–Crippen LogP) is 3.85. The first kappa shape index (κ1) is 32.2. The van der Waals surface area contributed by atoms with E-state index in [0.29, 0.717) is 4.57 Å². The molecule has 41 heavy (non-hydrogen) atoms. The van der Waals surface area contributed by atoms with Gasteiger partial charge in [0.25, 0.3) is 5.91 Å². The molecule has 1 saturated heterocycles. The Morgan fingerprint density at radius 1 is 1.10 bits per heavy atom. The highest BCUT2D eigenvalue weighted by molar-refractivity contribution is 6.04. The van der Waals surface area contributed by atoms with E-state index in [1.165, 1.54) is 56.9 Å². The zero-order chi connectivity index (χ0) is 29.8. The van der Waals surface area contributed by atoms with E-state index in [2.05, 4.69) is 22.2 Å². The van der Waals surface area contributed by atoms with Crippen molar-refractivity contribution in [1.82, 2.24) is 14.5 Å². The van der Waals surface area contributed by atoms with Crippen LogP contribution in [-0.4, -0.2) is 68.0 Å². The minimum atomic E-state index is -3.86. The van der Waals surface area contributed by atoms with Crippen LogP contribution in [0.25, 0.3) is 0 Å². The van der Waals surface area contributed by atoms with Gasteiger partial charge in [-0.2, -0.15) is 13.8 Å².